The standard InChI is InChI=1S/C21H29FN2O3/c1-2-27-21(26)19-7-3-4-13-24(19)20(25)15-23-12-5-6-18(23)14-16-8-10-17(22)11-9-16/h8-11,18-19H,2-7,12-15H2,1H3. The summed E-state index contributed by atoms with van der Waals surface area (Å²) >= 11 is 0. The molecule has 0 N–H and O–H groups in total. The van der Waals surface area contributed by atoms with Gasteiger partial charge >= 0.3 is 5.97 Å². The van der Waals surface area contributed by atoms with Gasteiger partial charge in [-0.1, -0.05) is 12.1 Å². The molecule has 0 spiro atoms. The molecule has 2 unspecified atom stereocenters. The molecule has 1 aromatic carbocycles. The minimum Gasteiger partial charge on any atom is -0.464 e. The van der Waals surface area contributed by atoms with E-state index in [1.807, 2.05) is 12.1 Å². The molecule has 1 aromatic rings. The Balaban J connectivity index is 1.61. The summed E-state index contributed by atoms with van der Waals surface area (Å²) in [6, 6.07) is 6.44. The van der Waals surface area contributed by atoms with Crippen LogP contribution in [0.5, 0.6) is 0 Å². The summed E-state index contributed by atoms with van der Waals surface area (Å²) in [5, 5.41) is 0. The van der Waals surface area contributed by atoms with Gasteiger partial charge in [0.25, 0.3) is 0 Å². The predicted molar refractivity (Wildman–Crippen MR) is 101 cm³/mol. The van der Waals surface area contributed by atoms with Gasteiger partial charge in [0.15, 0.2) is 0 Å². The molecular formula is C21H29FN2O3. The Morgan fingerprint density at radius 1 is 1.11 bits per heavy atom. The average Bonchev–Trinajstić information content (AvgIpc) is 3.10. The lowest BCUT2D eigenvalue weighted by Gasteiger charge is -2.36. The number of ether oxygens (including phenoxy) is 1. The minimum atomic E-state index is -0.440. The molecule has 0 aliphatic carbocycles. The zero-order chi connectivity index (χ0) is 19.2. The van der Waals surface area contributed by atoms with Crippen LogP contribution in [-0.2, 0) is 20.7 Å². The van der Waals surface area contributed by atoms with E-state index < -0.39 is 6.04 Å². The van der Waals surface area contributed by atoms with Gasteiger partial charge in [0.05, 0.1) is 13.2 Å². The molecule has 6 heteroatoms. The molecule has 0 radical (unpaired) electrons. The van der Waals surface area contributed by atoms with Crippen LogP contribution in [0.1, 0.15) is 44.6 Å². The number of hydrogen-bond donors (Lipinski definition) is 0. The Hall–Kier alpha value is -1.95. The van der Waals surface area contributed by atoms with Gasteiger partial charge in [-0.25, -0.2) is 9.18 Å². The van der Waals surface area contributed by atoms with Crippen molar-refractivity contribution in [1.82, 2.24) is 9.80 Å². The third kappa shape index (κ3) is 5.06. The quantitative estimate of drug-likeness (QED) is 0.717. The first-order chi connectivity index (χ1) is 13.1. The lowest BCUT2D eigenvalue weighted by molar-refractivity contribution is -0.157. The molecule has 3 rings (SSSR count). The zero-order valence-corrected chi connectivity index (χ0v) is 16.0. The van der Waals surface area contributed by atoms with E-state index in [1.54, 1.807) is 11.8 Å². The van der Waals surface area contributed by atoms with Crippen LogP contribution < -0.4 is 0 Å². The number of nitrogens with zero attached hydrogens (tertiary/aromatic N) is 2. The Morgan fingerprint density at radius 3 is 2.63 bits per heavy atom. The smallest absolute Gasteiger partial charge is 0.328 e. The van der Waals surface area contributed by atoms with E-state index >= 15 is 0 Å². The molecule has 5 nitrogen and oxygen atoms in total. The van der Waals surface area contributed by atoms with E-state index in [9.17, 15) is 14.0 Å². The van der Waals surface area contributed by atoms with Crippen molar-refractivity contribution < 1.29 is 18.7 Å². The zero-order valence-electron chi connectivity index (χ0n) is 16.0. The molecule has 2 atom stereocenters. The van der Waals surface area contributed by atoms with Crippen molar-refractivity contribution in [1.29, 1.82) is 0 Å². The van der Waals surface area contributed by atoms with Gasteiger partial charge in [0, 0.05) is 12.6 Å². The number of piperidine rings is 1. The van der Waals surface area contributed by atoms with Gasteiger partial charge in [-0.3, -0.25) is 9.69 Å². The second kappa shape index (κ2) is 9.31. The SMILES string of the molecule is CCOC(=O)C1CCCCN1C(=O)CN1CCCC1Cc1ccc(F)cc1. The molecule has 0 bridgehead atoms. The summed E-state index contributed by atoms with van der Waals surface area (Å²) in [5.41, 5.74) is 1.09. The normalized spacial score (nSPS) is 23.4. The van der Waals surface area contributed by atoms with Crippen molar-refractivity contribution in [2.24, 2.45) is 0 Å². The Labute approximate surface area is 160 Å². The third-order valence-corrected chi connectivity index (χ3v) is 5.60. The number of halogens is 1. The molecule has 2 fully saturated rings. The highest BCUT2D eigenvalue weighted by molar-refractivity contribution is 5.85. The maximum Gasteiger partial charge on any atom is 0.328 e. The van der Waals surface area contributed by atoms with Crippen LogP contribution in [0.4, 0.5) is 4.39 Å². The summed E-state index contributed by atoms with van der Waals surface area (Å²) < 4.78 is 18.3. The number of likely N-dealkylation sites (tertiary alicyclic amines) is 2. The van der Waals surface area contributed by atoms with E-state index in [1.165, 1.54) is 12.1 Å². The Morgan fingerprint density at radius 2 is 1.89 bits per heavy atom. The minimum absolute atomic E-state index is 0.0127. The van der Waals surface area contributed by atoms with Gasteiger partial charge < -0.3 is 9.64 Å². The van der Waals surface area contributed by atoms with Crippen LogP contribution in [0, 0.1) is 5.82 Å². The van der Waals surface area contributed by atoms with Gasteiger partial charge in [-0.05, 0) is 69.7 Å². The van der Waals surface area contributed by atoms with Crippen LogP contribution in [0.15, 0.2) is 24.3 Å². The van der Waals surface area contributed by atoms with Crippen LogP contribution >= 0.6 is 0 Å². The fraction of sp³-hybridized carbons (Fsp3) is 0.619. The number of carbonyl (C=O) groups excluding carboxylic acids is 2. The maximum atomic E-state index is 13.1. The van der Waals surface area contributed by atoms with E-state index in [0.29, 0.717) is 26.1 Å². The monoisotopic (exact) mass is 376 g/mol. The largest absolute Gasteiger partial charge is 0.464 e. The number of carbonyl (C=O) groups is 2. The average molecular weight is 376 g/mol. The van der Waals surface area contributed by atoms with E-state index in [2.05, 4.69) is 4.90 Å². The van der Waals surface area contributed by atoms with Crippen LogP contribution in [-0.4, -0.2) is 60.0 Å². The summed E-state index contributed by atoms with van der Waals surface area (Å²) in [6.07, 6.45) is 5.47. The second-order valence-electron chi connectivity index (χ2n) is 7.45. The van der Waals surface area contributed by atoms with Gasteiger partial charge in [-0.2, -0.15) is 0 Å². The maximum absolute atomic E-state index is 13.1. The summed E-state index contributed by atoms with van der Waals surface area (Å²) in [5.74, 6) is -0.499. The Bertz CT molecular complexity index is 649. The lowest BCUT2D eigenvalue weighted by atomic mass is 10.0. The first-order valence-corrected chi connectivity index (χ1v) is 10.0. The molecule has 0 saturated carbocycles. The highest BCUT2D eigenvalue weighted by Gasteiger charge is 2.35. The van der Waals surface area contributed by atoms with Gasteiger partial charge in [-0.15, -0.1) is 0 Å². The highest BCUT2D eigenvalue weighted by atomic mass is 19.1. The molecule has 2 saturated heterocycles. The fourth-order valence-electron chi connectivity index (χ4n) is 4.21. The predicted octanol–water partition coefficient (Wildman–Crippen LogP) is 2.78. The van der Waals surface area contributed by atoms with Crippen molar-refractivity contribution in [3.8, 4) is 0 Å². The van der Waals surface area contributed by atoms with Crippen LogP contribution in [0.3, 0.4) is 0 Å². The first kappa shape index (κ1) is 19.8. The third-order valence-electron chi connectivity index (χ3n) is 5.60. The summed E-state index contributed by atoms with van der Waals surface area (Å²) in [6.45, 7) is 3.97. The summed E-state index contributed by atoms with van der Waals surface area (Å²) in [4.78, 5) is 29.1. The molecule has 27 heavy (non-hydrogen) atoms. The number of amides is 1. The Kier molecular flexibility index (Phi) is 6.83. The van der Waals surface area contributed by atoms with E-state index in [0.717, 1.165) is 44.2 Å². The molecule has 2 aliphatic rings. The first-order valence-electron chi connectivity index (χ1n) is 10.0. The molecule has 2 aliphatic heterocycles. The van der Waals surface area contributed by atoms with Crippen molar-refractivity contribution in [3.63, 3.8) is 0 Å². The lowest BCUT2D eigenvalue weighted by Crippen LogP contribution is -2.52. The molecule has 148 valence electrons. The van der Waals surface area contributed by atoms with E-state index in [4.69, 9.17) is 4.74 Å². The van der Waals surface area contributed by atoms with Crippen molar-refractivity contribution in [3.05, 3.63) is 35.6 Å². The molecule has 1 amide bonds. The number of hydrogen-bond acceptors (Lipinski definition) is 4. The second-order valence-corrected chi connectivity index (χ2v) is 7.45. The topological polar surface area (TPSA) is 49.9 Å². The van der Waals surface area contributed by atoms with Gasteiger partial charge in [0.1, 0.15) is 11.9 Å². The number of benzene rings is 1. The van der Waals surface area contributed by atoms with Crippen molar-refractivity contribution >= 4 is 11.9 Å². The van der Waals surface area contributed by atoms with Gasteiger partial charge in [0.2, 0.25) is 5.91 Å². The van der Waals surface area contributed by atoms with Crippen molar-refractivity contribution in [2.75, 3.05) is 26.2 Å². The van der Waals surface area contributed by atoms with Crippen LogP contribution in [0.25, 0.3) is 0 Å². The highest BCUT2D eigenvalue weighted by Crippen LogP contribution is 2.23. The number of esters is 1. The van der Waals surface area contributed by atoms with Crippen LogP contribution in [0.2, 0.25) is 0 Å². The molecular weight excluding hydrogens is 347 g/mol. The number of rotatable bonds is 6. The molecule has 2 heterocycles. The summed E-state index contributed by atoms with van der Waals surface area (Å²) in [7, 11) is 0. The molecule has 0 aromatic heterocycles. The fourth-order valence-corrected chi connectivity index (χ4v) is 4.21. The van der Waals surface area contributed by atoms with E-state index in [-0.39, 0.29) is 23.7 Å². The van der Waals surface area contributed by atoms with Crippen molar-refractivity contribution in [2.45, 2.75) is 57.5 Å².